The molecule has 3 aromatic heterocycles. The third-order valence-electron chi connectivity index (χ3n) is 3.92. The molecule has 0 bridgehead atoms. The Labute approximate surface area is 145 Å². The zero-order valence-electron chi connectivity index (χ0n) is 14.2. The second-order valence-corrected chi connectivity index (χ2v) is 5.96. The number of hydrogen-bond acceptors (Lipinski definition) is 5. The monoisotopic (exact) mass is 333 g/mol. The molecule has 0 saturated heterocycles. The number of nitrogens with one attached hydrogen (secondary N) is 2. The van der Waals surface area contributed by atoms with Gasteiger partial charge < -0.3 is 5.32 Å². The molecule has 7 nitrogen and oxygen atoms in total. The van der Waals surface area contributed by atoms with E-state index in [2.05, 4.69) is 37.7 Å². The van der Waals surface area contributed by atoms with Crippen molar-refractivity contribution in [2.45, 2.75) is 20.3 Å². The first kappa shape index (κ1) is 15.3. The van der Waals surface area contributed by atoms with E-state index in [9.17, 15) is 0 Å². The van der Waals surface area contributed by atoms with Crippen LogP contribution in [0.15, 0.2) is 42.5 Å². The van der Waals surface area contributed by atoms with Crippen molar-refractivity contribution in [1.29, 1.82) is 0 Å². The Morgan fingerprint density at radius 3 is 2.68 bits per heavy atom. The minimum absolute atomic E-state index is 0.712. The van der Waals surface area contributed by atoms with E-state index in [1.54, 1.807) is 0 Å². The molecule has 0 amide bonds. The van der Waals surface area contributed by atoms with Crippen molar-refractivity contribution in [2.24, 2.45) is 0 Å². The molecule has 1 aromatic carbocycles. The maximum absolute atomic E-state index is 4.73. The van der Waals surface area contributed by atoms with Crippen LogP contribution in [0, 0.1) is 13.8 Å². The van der Waals surface area contributed by atoms with Crippen LogP contribution in [0.2, 0.25) is 0 Å². The van der Waals surface area contributed by atoms with Gasteiger partial charge in [0.1, 0.15) is 11.6 Å². The Balaban J connectivity index is 1.64. The first-order valence-corrected chi connectivity index (χ1v) is 8.23. The maximum atomic E-state index is 4.73. The maximum Gasteiger partial charge on any atom is 0.158 e. The normalized spacial score (nSPS) is 11.1. The average molecular weight is 333 g/mol. The van der Waals surface area contributed by atoms with E-state index in [0.717, 1.165) is 46.5 Å². The molecule has 0 aliphatic rings. The van der Waals surface area contributed by atoms with Gasteiger partial charge in [-0.25, -0.2) is 9.97 Å². The molecule has 3 heterocycles. The third kappa shape index (κ3) is 3.21. The summed E-state index contributed by atoms with van der Waals surface area (Å²) in [5.74, 6) is 2.54. The number of aromatic nitrogens is 6. The highest BCUT2D eigenvalue weighted by Crippen LogP contribution is 2.22. The topological polar surface area (TPSA) is 83.8 Å². The first-order chi connectivity index (χ1) is 12.2. The lowest BCUT2D eigenvalue weighted by atomic mass is 10.1. The smallest absolute Gasteiger partial charge is 0.158 e. The van der Waals surface area contributed by atoms with Crippen LogP contribution in [0.1, 0.15) is 17.3 Å². The summed E-state index contributed by atoms with van der Waals surface area (Å²) in [6, 6.07) is 14.2. The van der Waals surface area contributed by atoms with E-state index in [1.807, 2.05) is 48.7 Å². The van der Waals surface area contributed by atoms with Crippen LogP contribution in [0.5, 0.6) is 0 Å². The highest BCUT2D eigenvalue weighted by atomic mass is 15.3. The molecule has 0 saturated carbocycles. The highest BCUT2D eigenvalue weighted by molar-refractivity contribution is 5.66. The molecular formula is C18H19N7. The minimum Gasteiger partial charge on any atom is -0.369 e. The SMILES string of the molecule is Cc1cc2nc(-c3ccccc3)cc(NCCc3n[nH]c(C)n3)n2n1. The van der Waals surface area contributed by atoms with Gasteiger partial charge in [0, 0.05) is 30.7 Å². The van der Waals surface area contributed by atoms with Crippen molar-refractivity contribution < 1.29 is 0 Å². The molecule has 2 N–H and O–H groups in total. The summed E-state index contributed by atoms with van der Waals surface area (Å²) in [6.45, 7) is 4.58. The van der Waals surface area contributed by atoms with E-state index < -0.39 is 0 Å². The number of H-pyrrole nitrogens is 1. The molecule has 0 aliphatic carbocycles. The standard InChI is InChI=1S/C18H19N7/c1-12-10-18-21-15(14-6-4-3-5-7-14)11-17(25(18)24-12)19-9-8-16-20-13(2)22-23-16/h3-7,10-11,19H,8-9H2,1-2H3,(H,20,22,23). The Bertz CT molecular complexity index is 1000. The Morgan fingerprint density at radius 1 is 1.08 bits per heavy atom. The Kier molecular flexibility index (Phi) is 3.89. The van der Waals surface area contributed by atoms with Gasteiger partial charge in [-0.05, 0) is 13.8 Å². The number of benzene rings is 1. The van der Waals surface area contributed by atoms with Gasteiger partial charge in [0.05, 0.1) is 11.4 Å². The lowest BCUT2D eigenvalue weighted by molar-refractivity contribution is 0.869. The van der Waals surface area contributed by atoms with Crippen LogP contribution >= 0.6 is 0 Å². The van der Waals surface area contributed by atoms with Gasteiger partial charge in [-0.3, -0.25) is 5.10 Å². The summed E-state index contributed by atoms with van der Waals surface area (Å²) in [5, 5.41) is 15.0. The van der Waals surface area contributed by atoms with Crippen LogP contribution in [0.3, 0.4) is 0 Å². The second kappa shape index (κ2) is 6.35. The fourth-order valence-electron chi connectivity index (χ4n) is 2.77. The molecule has 7 heteroatoms. The van der Waals surface area contributed by atoms with Crippen molar-refractivity contribution in [3.8, 4) is 11.3 Å². The van der Waals surface area contributed by atoms with Crippen molar-refractivity contribution in [3.63, 3.8) is 0 Å². The number of aromatic amines is 1. The van der Waals surface area contributed by atoms with Crippen molar-refractivity contribution in [3.05, 3.63) is 59.8 Å². The zero-order chi connectivity index (χ0) is 17.2. The van der Waals surface area contributed by atoms with Gasteiger partial charge in [0.2, 0.25) is 0 Å². The van der Waals surface area contributed by atoms with Gasteiger partial charge in [0.15, 0.2) is 11.5 Å². The molecule has 0 aliphatic heterocycles. The molecule has 0 unspecified atom stereocenters. The van der Waals surface area contributed by atoms with Crippen LogP contribution in [-0.4, -0.2) is 36.3 Å². The molecule has 25 heavy (non-hydrogen) atoms. The molecular weight excluding hydrogens is 314 g/mol. The molecule has 0 fully saturated rings. The summed E-state index contributed by atoms with van der Waals surface area (Å²) in [5.41, 5.74) is 3.76. The number of rotatable bonds is 5. The van der Waals surface area contributed by atoms with Gasteiger partial charge in [0.25, 0.3) is 0 Å². The van der Waals surface area contributed by atoms with Crippen LogP contribution in [0.4, 0.5) is 5.82 Å². The predicted octanol–water partition coefficient (Wildman–Crippen LogP) is 2.79. The molecule has 4 rings (SSSR count). The van der Waals surface area contributed by atoms with E-state index >= 15 is 0 Å². The zero-order valence-corrected chi connectivity index (χ0v) is 14.2. The lowest BCUT2D eigenvalue weighted by Gasteiger charge is -2.10. The van der Waals surface area contributed by atoms with E-state index in [1.165, 1.54) is 0 Å². The van der Waals surface area contributed by atoms with Crippen molar-refractivity contribution in [2.75, 3.05) is 11.9 Å². The minimum atomic E-state index is 0.712. The van der Waals surface area contributed by atoms with Gasteiger partial charge in [-0.1, -0.05) is 30.3 Å². The summed E-state index contributed by atoms with van der Waals surface area (Å²) in [4.78, 5) is 9.06. The average Bonchev–Trinajstić information content (AvgIpc) is 3.20. The van der Waals surface area contributed by atoms with E-state index in [4.69, 9.17) is 4.98 Å². The Morgan fingerprint density at radius 2 is 1.92 bits per heavy atom. The molecule has 0 atom stereocenters. The van der Waals surface area contributed by atoms with Crippen LogP contribution < -0.4 is 5.32 Å². The highest BCUT2D eigenvalue weighted by Gasteiger charge is 2.10. The second-order valence-electron chi connectivity index (χ2n) is 5.96. The first-order valence-electron chi connectivity index (χ1n) is 8.23. The molecule has 126 valence electrons. The lowest BCUT2D eigenvalue weighted by Crippen LogP contribution is -2.10. The van der Waals surface area contributed by atoms with Crippen molar-refractivity contribution in [1.82, 2.24) is 29.8 Å². The summed E-state index contributed by atoms with van der Waals surface area (Å²) < 4.78 is 1.84. The summed E-state index contributed by atoms with van der Waals surface area (Å²) in [6.07, 6.45) is 0.731. The molecule has 0 radical (unpaired) electrons. The third-order valence-corrected chi connectivity index (χ3v) is 3.92. The quantitative estimate of drug-likeness (QED) is 0.587. The van der Waals surface area contributed by atoms with E-state index in [-0.39, 0.29) is 0 Å². The fraction of sp³-hybridized carbons (Fsp3) is 0.222. The van der Waals surface area contributed by atoms with Gasteiger partial charge >= 0.3 is 0 Å². The fourth-order valence-corrected chi connectivity index (χ4v) is 2.77. The van der Waals surface area contributed by atoms with Crippen molar-refractivity contribution >= 4 is 11.5 Å². The number of nitrogens with zero attached hydrogens (tertiary/aromatic N) is 5. The van der Waals surface area contributed by atoms with Gasteiger partial charge in [-0.2, -0.15) is 14.7 Å². The van der Waals surface area contributed by atoms with Crippen LogP contribution in [0.25, 0.3) is 16.9 Å². The number of fused-ring (bicyclic) bond motifs is 1. The largest absolute Gasteiger partial charge is 0.369 e. The summed E-state index contributed by atoms with van der Waals surface area (Å²) >= 11 is 0. The molecule has 4 aromatic rings. The number of hydrogen-bond donors (Lipinski definition) is 2. The summed E-state index contributed by atoms with van der Waals surface area (Å²) in [7, 11) is 0. The van der Waals surface area contributed by atoms with E-state index in [0.29, 0.717) is 6.54 Å². The number of anilines is 1. The molecule has 0 spiro atoms. The predicted molar refractivity (Wildman–Crippen MR) is 96.5 cm³/mol. The number of aryl methyl sites for hydroxylation is 2. The van der Waals surface area contributed by atoms with Gasteiger partial charge in [-0.15, -0.1) is 0 Å². The Hall–Kier alpha value is -3.22. The van der Waals surface area contributed by atoms with Crippen LogP contribution in [-0.2, 0) is 6.42 Å².